The van der Waals surface area contributed by atoms with Gasteiger partial charge < -0.3 is 15.0 Å². The summed E-state index contributed by atoms with van der Waals surface area (Å²) in [5.41, 5.74) is 2.58. The van der Waals surface area contributed by atoms with Crippen molar-refractivity contribution in [2.24, 2.45) is 5.41 Å². The minimum Gasteiger partial charge on any atom is -0.368 e. The lowest BCUT2D eigenvalue weighted by atomic mass is 9.73. The van der Waals surface area contributed by atoms with Crippen molar-refractivity contribution in [2.45, 2.75) is 58.1 Å². The molecule has 2 fully saturated rings. The molecule has 2 saturated heterocycles. The lowest BCUT2D eigenvalue weighted by molar-refractivity contribution is -0.148. The summed E-state index contributed by atoms with van der Waals surface area (Å²) in [6, 6.07) is 12.3. The van der Waals surface area contributed by atoms with E-state index in [1.807, 2.05) is 43.1 Å². The van der Waals surface area contributed by atoms with Crippen molar-refractivity contribution < 1.29 is 14.3 Å². The fourth-order valence-electron chi connectivity index (χ4n) is 4.91. The molecule has 32 heavy (non-hydrogen) atoms. The van der Waals surface area contributed by atoms with Crippen LogP contribution in [0.3, 0.4) is 0 Å². The minimum absolute atomic E-state index is 0.0316. The molecule has 0 aliphatic carbocycles. The van der Waals surface area contributed by atoms with E-state index in [-0.39, 0.29) is 24.0 Å². The lowest BCUT2D eigenvalue weighted by Crippen LogP contribution is -2.56. The van der Waals surface area contributed by atoms with E-state index in [9.17, 15) is 9.59 Å². The molecule has 4 rings (SSSR count). The number of nitrogens with one attached hydrogen (secondary N) is 1. The van der Waals surface area contributed by atoms with Gasteiger partial charge in [0.1, 0.15) is 6.10 Å². The summed E-state index contributed by atoms with van der Waals surface area (Å²) < 4.78 is 5.65. The first-order valence-electron chi connectivity index (χ1n) is 11.7. The van der Waals surface area contributed by atoms with Crippen LogP contribution in [0.2, 0.25) is 0 Å². The topological polar surface area (TPSA) is 71.5 Å². The number of rotatable bonds is 6. The predicted octanol–water partition coefficient (Wildman–Crippen LogP) is 3.60. The van der Waals surface area contributed by atoms with Gasteiger partial charge in [0.05, 0.1) is 5.41 Å². The van der Waals surface area contributed by atoms with Gasteiger partial charge in [-0.05, 0) is 68.7 Å². The second-order valence-electron chi connectivity index (χ2n) is 9.39. The average Bonchev–Trinajstić information content (AvgIpc) is 3.34. The maximum atomic E-state index is 13.5. The van der Waals surface area contributed by atoms with Crippen molar-refractivity contribution in [3.63, 3.8) is 0 Å². The summed E-state index contributed by atoms with van der Waals surface area (Å²) >= 11 is 0. The van der Waals surface area contributed by atoms with Gasteiger partial charge in [-0.3, -0.25) is 14.6 Å². The molecule has 2 amide bonds. The van der Waals surface area contributed by atoms with E-state index in [1.54, 1.807) is 6.20 Å². The fraction of sp³-hybridized carbons (Fsp3) is 0.500. The third-order valence-electron chi connectivity index (χ3n) is 6.46. The number of pyridine rings is 1. The molecular weight excluding hydrogens is 402 g/mol. The van der Waals surface area contributed by atoms with Crippen molar-refractivity contribution >= 4 is 11.8 Å². The smallest absolute Gasteiger partial charge is 0.251 e. The summed E-state index contributed by atoms with van der Waals surface area (Å²) in [7, 11) is 0. The van der Waals surface area contributed by atoms with E-state index in [1.165, 1.54) is 0 Å². The number of amides is 2. The summed E-state index contributed by atoms with van der Waals surface area (Å²) in [5.74, 6) is 0.0668. The molecule has 1 aromatic carbocycles. The predicted molar refractivity (Wildman–Crippen MR) is 124 cm³/mol. The monoisotopic (exact) mass is 435 g/mol. The molecule has 2 atom stereocenters. The maximum Gasteiger partial charge on any atom is 0.251 e. The van der Waals surface area contributed by atoms with Gasteiger partial charge in [-0.25, -0.2) is 0 Å². The van der Waals surface area contributed by atoms with Crippen molar-refractivity contribution in [1.82, 2.24) is 15.2 Å². The number of hydrogen-bond acceptors (Lipinski definition) is 4. The van der Waals surface area contributed by atoms with Crippen LogP contribution in [0, 0.1) is 5.41 Å². The Morgan fingerprint density at radius 1 is 1.22 bits per heavy atom. The third kappa shape index (κ3) is 5.01. The molecule has 0 saturated carbocycles. The van der Waals surface area contributed by atoms with Crippen LogP contribution in [0.4, 0.5) is 0 Å². The molecule has 3 heterocycles. The zero-order valence-corrected chi connectivity index (χ0v) is 19.0. The van der Waals surface area contributed by atoms with Gasteiger partial charge in [-0.15, -0.1) is 0 Å². The number of piperidine rings is 1. The molecule has 2 aliphatic rings. The molecule has 170 valence electrons. The number of nitrogens with zero attached hydrogens (tertiary/aromatic N) is 2. The highest BCUT2D eigenvalue weighted by atomic mass is 16.5. The first-order chi connectivity index (χ1) is 15.5. The number of ether oxygens (including phenoxy) is 1. The number of carbonyl (C=O) groups excluding carboxylic acids is 2. The standard InChI is InChI=1S/C26H33N3O3/c1-19(2)28-25(31)26(11-6-13-29(18-26)24(30)23-10-5-14-32-23)16-20-7-3-8-21(15-20)22-9-4-12-27-17-22/h3-4,7-9,12,15,17,19,23H,5-6,10-11,13-14,16,18H2,1-2H3,(H,28,31). The molecule has 2 unspecified atom stereocenters. The number of benzene rings is 1. The Morgan fingerprint density at radius 2 is 2.06 bits per heavy atom. The first-order valence-corrected chi connectivity index (χ1v) is 11.7. The zero-order chi connectivity index (χ0) is 22.6. The van der Waals surface area contributed by atoms with Crippen LogP contribution < -0.4 is 5.32 Å². The van der Waals surface area contributed by atoms with Crippen molar-refractivity contribution in [3.8, 4) is 11.1 Å². The molecule has 2 aliphatic heterocycles. The van der Waals surface area contributed by atoms with Crippen LogP contribution in [0.1, 0.15) is 45.1 Å². The van der Waals surface area contributed by atoms with Crippen LogP contribution in [-0.4, -0.2) is 53.5 Å². The Morgan fingerprint density at radius 3 is 2.78 bits per heavy atom. The van der Waals surface area contributed by atoms with Crippen LogP contribution >= 0.6 is 0 Å². The Balaban J connectivity index is 1.60. The highest BCUT2D eigenvalue weighted by Crippen LogP contribution is 2.36. The average molecular weight is 436 g/mol. The number of aromatic nitrogens is 1. The highest BCUT2D eigenvalue weighted by Gasteiger charge is 2.45. The van der Waals surface area contributed by atoms with Gasteiger partial charge in [0.15, 0.2) is 0 Å². The van der Waals surface area contributed by atoms with Gasteiger partial charge >= 0.3 is 0 Å². The van der Waals surface area contributed by atoms with E-state index in [0.29, 0.717) is 26.1 Å². The molecule has 6 nitrogen and oxygen atoms in total. The van der Waals surface area contributed by atoms with Gasteiger partial charge in [0.2, 0.25) is 5.91 Å². The van der Waals surface area contributed by atoms with E-state index in [0.717, 1.165) is 42.4 Å². The van der Waals surface area contributed by atoms with Crippen LogP contribution in [0.25, 0.3) is 11.1 Å². The molecule has 2 aromatic rings. The molecule has 1 aromatic heterocycles. The molecule has 0 bridgehead atoms. The van der Waals surface area contributed by atoms with Crippen molar-refractivity contribution in [3.05, 3.63) is 54.4 Å². The summed E-state index contributed by atoms with van der Waals surface area (Å²) in [6.07, 6.45) is 7.12. The van der Waals surface area contributed by atoms with Gasteiger partial charge in [0, 0.05) is 38.1 Å². The Bertz CT molecular complexity index is 940. The third-order valence-corrected chi connectivity index (χ3v) is 6.46. The van der Waals surface area contributed by atoms with Crippen molar-refractivity contribution in [1.29, 1.82) is 0 Å². The molecule has 0 radical (unpaired) electrons. The number of likely N-dealkylation sites (tertiary alicyclic amines) is 1. The highest BCUT2D eigenvalue weighted by molar-refractivity contribution is 5.86. The van der Waals surface area contributed by atoms with E-state index in [4.69, 9.17) is 4.74 Å². The number of hydrogen-bond donors (Lipinski definition) is 1. The summed E-state index contributed by atoms with van der Waals surface area (Å²) in [5, 5.41) is 3.13. The second kappa shape index (κ2) is 9.82. The molecule has 1 N–H and O–H groups in total. The summed E-state index contributed by atoms with van der Waals surface area (Å²) in [4.78, 5) is 32.7. The molecule has 6 heteroatoms. The largest absolute Gasteiger partial charge is 0.368 e. The Hall–Kier alpha value is -2.73. The maximum absolute atomic E-state index is 13.5. The SMILES string of the molecule is CC(C)NC(=O)C1(Cc2cccc(-c3cccnc3)c2)CCCN(C(=O)C2CCCO2)C1. The quantitative estimate of drug-likeness (QED) is 0.753. The lowest BCUT2D eigenvalue weighted by Gasteiger charge is -2.43. The van der Waals surface area contributed by atoms with Gasteiger partial charge in [-0.1, -0.05) is 30.3 Å². The Kier molecular flexibility index (Phi) is 6.89. The van der Waals surface area contributed by atoms with Gasteiger partial charge in [-0.2, -0.15) is 0 Å². The van der Waals surface area contributed by atoms with E-state index in [2.05, 4.69) is 28.5 Å². The minimum atomic E-state index is -0.648. The van der Waals surface area contributed by atoms with E-state index < -0.39 is 5.41 Å². The summed E-state index contributed by atoms with van der Waals surface area (Å²) in [6.45, 7) is 5.72. The van der Waals surface area contributed by atoms with Crippen LogP contribution in [0.15, 0.2) is 48.8 Å². The molecule has 0 spiro atoms. The van der Waals surface area contributed by atoms with Crippen LogP contribution in [0.5, 0.6) is 0 Å². The zero-order valence-electron chi connectivity index (χ0n) is 19.0. The van der Waals surface area contributed by atoms with Crippen molar-refractivity contribution in [2.75, 3.05) is 19.7 Å². The van der Waals surface area contributed by atoms with Gasteiger partial charge in [0.25, 0.3) is 5.91 Å². The van der Waals surface area contributed by atoms with Crippen LogP contribution in [-0.2, 0) is 20.7 Å². The first kappa shape index (κ1) is 22.5. The van der Waals surface area contributed by atoms with E-state index >= 15 is 0 Å². The second-order valence-corrected chi connectivity index (χ2v) is 9.39. The molecular formula is C26H33N3O3. The fourth-order valence-corrected chi connectivity index (χ4v) is 4.91. The Labute approximate surface area is 190 Å². The number of carbonyl (C=O) groups is 2. The normalized spacial score (nSPS) is 23.3.